The fraction of sp³-hybridized carbons (Fsp3) is 0.613. The van der Waals surface area contributed by atoms with Crippen molar-refractivity contribution >= 4 is 34.5 Å². The molecule has 2 aliphatic carbocycles. The molecular weight excluding hydrogens is 521 g/mol. The van der Waals surface area contributed by atoms with Gasteiger partial charge >= 0.3 is 0 Å². The van der Waals surface area contributed by atoms with Crippen LogP contribution in [-0.4, -0.2) is 67.6 Å². The molecule has 3 fully saturated rings. The van der Waals surface area contributed by atoms with E-state index >= 15 is 0 Å². The predicted octanol–water partition coefficient (Wildman–Crippen LogP) is 5.46. The van der Waals surface area contributed by atoms with Crippen LogP contribution in [0.25, 0.3) is 11.2 Å². The van der Waals surface area contributed by atoms with Crippen molar-refractivity contribution in [2.45, 2.75) is 88.8 Å². The smallest absolute Gasteiger partial charge is 0.224 e. The van der Waals surface area contributed by atoms with Crippen molar-refractivity contribution in [1.29, 1.82) is 0 Å². The first-order valence-electron chi connectivity index (χ1n) is 15.4. The summed E-state index contributed by atoms with van der Waals surface area (Å²) in [6.07, 6.45) is 11.2. The normalized spacial score (nSPS) is 27.8. The first-order valence-corrected chi connectivity index (χ1v) is 15.4. The fourth-order valence-electron chi connectivity index (χ4n) is 6.96. The summed E-state index contributed by atoms with van der Waals surface area (Å²) in [5, 5.41) is 16.6. The molecule has 1 saturated heterocycles. The van der Waals surface area contributed by atoms with Crippen LogP contribution < -0.4 is 10.6 Å². The highest BCUT2D eigenvalue weighted by Crippen LogP contribution is 2.39. The van der Waals surface area contributed by atoms with Gasteiger partial charge in [-0.3, -0.25) is 9.36 Å². The molecule has 0 radical (unpaired) electrons. The summed E-state index contributed by atoms with van der Waals surface area (Å²) in [7, 11) is 2.14. The molecule has 3 aromatic rings. The van der Waals surface area contributed by atoms with E-state index in [9.17, 15) is 14.3 Å². The van der Waals surface area contributed by atoms with Gasteiger partial charge in [-0.1, -0.05) is 12.1 Å². The van der Waals surface area contributed by atoms with Crippen molar-refractivity contribution in [2.24, 2.45) is 11.8 Å². The molecule has 0 spiro atoms. The average molecular weight is 564 g/mol. The monoisotopic (exact) mass is 563 g/mol. The second-order valence-corrected chi connectivity index (χ2v) is 12.3. The van der Waals surface area contributed by atoms with Gasteiger partial charge in [-0.15, -0.1) is 0 Å². The Hall–Kier alpha value is -3.11. The molecule has 1 unspecified atom stereocenters. The number of carbonyl (C=O) groups is 1. The number of aliphatic hydroxyl groups excluding tert-OH is 1. The summed E-state index contributed by atoms with van der Waals surface area (Å²) >= 11 is 0. The lowest BCUT2D eigenvalue weighted by Crippen LogP contribution is -2.30. The van der Waals surface area contributed by atoms with E-state index in [1.165, 1.54) is 6.07 Å². The molecule has 3 N–H and O–H groups in total. The number of para-hydroxylation sites is 1. The molecule has 1 aliphatic heterocycles. The maximum Gasteiger partial charge on any atom is 0.224 e. The van der Waals surface area contributed by atoms with Crippen LogP contribution in [-0.2, 0) is 4.79 Å². The van der Waals surface area contributed by atoms with Crippen molar-refractivity contribution in [2.75, 3.05) is 30.8 Å². The highest BCUT2D eigenvalue weighted by molar-refractivity contribution is 5.83. The second kappa shape index (κ2) is 12.4. The molecule has 2 saturated carbocycles. The Kier molecular flexibility index (Phi) is 8.48. The third-order valence-electron chi connectivity index (χ3n) is 9.40. The van der Waals surface area contributed by atoms with Crippen LogP contribution in [0.5, 0.6) is 0 Å². The van der Waals surface area contributed by atoms with Crippen LogP contribution in [0.15, 0.2) is 30.5 Å². The Morgan fingerprint density at radius 3 is 2.49 bits per heavy atom. The lowest BCUT2D eigenvalue weighted by molar-refractivity contribution is -0.128. The lowest BCUT2D eigenvalue weighted by Gasteiger charge is -2.31. The number of halogens is 1. The van der Waals surface area contributed by atoms with Gasteiger partial charge in [0.1, 0.15) is 17.1 Å². The summed E-state index contributed by atoms with van der Waals surface area (Å²) in [5.41, 5.74) is 1.71. The molecule has 3 heterocycles. The molecule has 220 valence electrons. The zero-order valence-corrected chi connectivity index (χ0v) is 23.9. The number of anilines is 3. The van der Waals surface area contributed by atoms with E-state index in [2.05, 4.69) is 32.1 Å². The maximum absolute atomic E-state index is 14.6. The number of carbonyl (C=O) groups excluding carboxylic acids is 1. The quantitative estimate of drug-likeness (QED) is 0.348. The summed E-state index contributed by atoms with van der Waals surface area (Å²) in [6.45, 7) is 2.07. The fourth-order valence-corrected chi connectivity index (χ4v) is 6.96. The van der Waals surface area contributed by atoms with E-state index in [0.717, 1.165) is 83.7 Å². The number of likely N-dealkylation sites (tertiary alicyclic amines) is 1. The number of rotatable bonds is 7. The van der Waals surface area contributed by atoms with E-state index in [-0.39, 0.29) is 35.8 Å². The van der Waals surface area contributed by atoms with Crippen LogP contribution in [0.1, 0.15) is 76.7 Å². The minimum absolute atomic E-state index is 0.0890. The summed E-state index contributed by atoms with van der Waals surface area (Å²) in [4.78, 5) is 30.0. The van der Waals surface area contributed by atoms with Crippen molar-refractivity contribution in [3.8, 4) is 0 Å². The molecule has 10 heteroatoms. The Morgan fingerprint density at radius 1 is 0.951 bits per heavy atom. The largest absolute Gasteiger partial charge is 0.393 e. The number of hydrogen-bond acceptors (Lipinski definition) is 8. The van der Waals surface area contributed by atoms with E-state index < -0.39 is 0 Å². The molecule has 1 aromatic carbocycles. The predicted molar refractivity (Wildman–Crippen MR) is 158 cm³/mol. The van der Waals surface area contributed by atoms with Crippen LogP contribution in [0.3, 0.4) is 0 Å². The number of aliphatic hydroxyl groups is 1. The number of benzene rings is 1. The van der Waals surface area contributed by atoms with Crippen LogP contribution in [0, 0.1) is 17.7 Å². The standard InChI is InChI=1S/C31H42FN7O2/c1-38-17-4-5-20(16-18-38)28(41)21-8-12-23(13-9-21)39-29-27(36-31(39)35-26-7-3-2-6-25(26)32)19-33-30(37-29)34-22-10-14-24(40)15-11-22/h2-3,6-7,19-24,40H,4-5,8-18H2,1H3,(H,35,36)(H,33,34,37). The van der Waals surface area contributed by atoms with Crippen molar-refractivity contribution in [3.05, 3.63) is 36.3 Å². The first-order chi connectivity index (χ1) is 19.9. The highest BCUT2D eigenvalue weighted by Gasteiger charge is 2.34. The number of ketones is 1. The summed E-state index contributed by atoms with van der Waals surface area (Å²) in [5.74, 6) is 1.47. The van der Waals surface area contributed by atoms with Crippen LogP contribution in [0.2, 0.25) is 0 Å². The first kappa shape index (κ1) is 28.0. The van der Waals surface area contributed by atoms with Gasteiger partial charge < -0.3 is 20.6 Å². The molecule has 9 nitrogen and oxygen atoms in total. The van der Waals surface area contributed by atoms with Gasteiger partial charge in [0, 0.05) is 23.9 Å². The number of aromatic nitrogens is 4. The average Bonchev–Trinajstić information content (AvgIpc) is 3.18. The number of fused-ring (bicyclic) bond motifs is 1. The third-order valence-corrected chi connectivity index (χ3v) is 9.40. The van der Waals surface area contributed by atoms with Crippen molar-refractivity contribution in [1.82, 2.24) is 24.4 Å². The van der Waals surface area contributed by atoms with Crippen molar-refractivity contribution in [3.63, 3.8) is 0 Å². The second-order valence-electron chi connectivity index (χ2n) is 12.3. The van der Waals surface area contributed by atoms with Gasteiger partial charge in [-0.05, 0) is 103 Å². The zero-order chi connectivity index (χ0) is 28.3. The number of imidazole rings is 1. The number of Topliss-reactive ketones (excluding diaryl/α,β-unsaturated/α-hetero) is 1. The Labute approximate surface area is 241 Å². The molecule has 3 aliphatic rings. The number of nitrogens with zero attached hydrogens (tertiary/aromatic N) is 5. The summed E-state index contributed by atoms with van der Waals surface area (Å²) < 4.78 is 16.7. The van der Waals surface area contributed by atoms with Crippen LogP contribution in [0.4, 0.5) is 22.0 Å². The van der Waals surface area contributed by atoms with Gasteiger partial charge in [0.2, 0.25) is 11.9 Å². The minimum Gasteiger partial charge on any atom is -0.393 e. The highest BCUT2D eigenvalue weighted by atomic mass is 19.1. The number of hydrogen-bond donors (Lipinski definition) is 3. The minimum atomic E-state index is -0.345. The molecule has 2 aromatic heterocycles. The topological polar surface area (TPSA) is 108 Å². The van der Waals surface area contributed by atoms with Crippen molar-refractivity contribution < 1.29 is 14.3 Å². The lowest BCUT2D eigenvalue weighted by atomic mass is 9.78. The maximum atomic E-state index is 14.6. The number of nitrogens with one attached hydrogen (secondary N) is 2. The molecular formula is C31H42FN7O2. The molecule has 1 atom stereocenters. The Bertz CT molecular complexity index is 1350. The van der Waals surface area contributed by atoms with E-state index in [0.29, 0.717) is 34.5 Å². The molecule has 6 rings (SSSR count). The summed E-state index contributed by atoms with van der Waals surface area (Å²) in [6, 6.07) is 6.90. The van der Waals surface area contributed by atoms with E-state index in [4.69, 9.17) is 9.97 Å². The van der Waals surface area contributed by atoms with Gasteiger partial charge in [-0.25, -0.2) is 14.4 Å². The third kappa shape index (κ3) is 6.38. The Balaban J connectivity index is 1.24. The van der Waals surface area contributed by atoms with Gasteiger partial charge in [0.25, 0.3) is 0 Å². The molecule has 0 bridgehead atoms. The van der Waals surface area contributed by atoms with Crippen LogP contribution >= 0.6 is 0 Å². The van der Waals surface area contributed by atoms with E-state index in [1.807, 2.05) is 0 Å². The zero-order valence-electron chi connectivity index (χ0n) is 23.9. The van der Waals surface area contributed by atoms with Gasteiger partial charge in [0.15, 0.2) is 5.65 Å². The SMILES string of the molecule is CN1CCCC(C(=O)C2CCC(n3c(Nc4ccccc4F)nc4cnc(NC5CCC(O)CC5)nc43)CC2)CC1. The van der Waals surface area contributed by atoms with Gasteiger partial charge in [-0.2, -0.15) is 4.98 Å². The molecule has 0 amide bonds. The van der Waals surface area contributed by atoms with Gasteiger partial charge in [0.05, 0.1) is 18.0 Å². The Morgan fingerprint density at radius 2 is 1.71 bits per heavy atom. The molecule has 41 heavy (non-hydrogen) atoms. The van der Waals surface area contributed by atoms with E-state index in [1.54, 1.807) is 24.4 Å².